The smallest absolute Gasteiger partial charge is 0.334 e. The summed E-state index contributed by atoms with van der Waals surface area (Å²) in [6, 6.07) is 17.9. The lowest BCUT2D eigenvalue weighted by Gasteiger charge is -2.40. The lowest BCUT2D eigenvalue weighted by atomic mass is 9.93. The third kappa shape index (κ3) is 3.79. The lowest BCUT2D eigenvalue weighted by molar-refractivity contribution is -0.163. The van der Waals surface area contributed by atoms with Gasteiger partial charge in [0.1, 0.15) is 5.25 Å². The highest BCUT2D eigenvalue weighted by molar-refractivity contribution is 8.00. The quantitative estimate of drug-likeness (QED) is 0.706. The molecule has 0 aromatic heterocycles. The Bertz CT molecular complexity index is 879. The summed E-state index contributed by atoms with van der Waals surface area (Å²) in [5.74, 6) is 0.421. The highest BCUT2D eigenvalue weighted by atomic mass is 32.2. The van der Waals surface area contributed by atoms with Gasteiger partial charge in [0, 0.05) is 19.6 Å². The first kappa shape index (κ1) is 20.0. The van der Waals surface area contributed by atoms with Gasteiger partial charge in [0.15, 0.2) is 5.54 Å². The fraction of sp³-hybridized carbons (Fsp3) is 0.391. The van der Waals surface area contributed by atoms with Crippen LogP contribution in [0.4, 0.5) is 0 Å². The summed E-state index contributed by atoms with van der Waals surface area (Å²) in [6.07, 6.45) is 1.39. The molecule has 4 rings (SSSR count). The second-order valence-electron chi connectivity index (χ2n) is 7.44. The van der Waals surface area contributed by atoms with Crippen LogP contribution in [0.5, 0.6) is 0 Å². The normalized spacial score (nSPS) is 23.3. The SMILES string of the molecule is COC(=O)[C@]1(N(Cc2ccccc2)C(=O)[C@@H]2SCCc3ccccc32)CCOC1. The maximum Gasteiger partial charge on any atom is 0.334 e. The number of hydrogen-bond acceptors (Lipinski definition) is 5. The molecule has 2 aliphatic rings. The van der Waals surface area contributed by atoms with E-state index >= 15 is 0 Å². The first-order valence-corrected chi connectivity index (χ1v) is 10.9. The molecule has 0 spiro atoms. The standard InChI is InChI=1S/C23H25NO4S/c1-27-22(26)23(12-13-28-16-23)24(15-17-7-3-2-4-8-17)21(25)20-19-10-6-5-9-18(19)11-14-29-20/h2-10,20H,11-16H2,1H3/t20-,23+/m1/s1. The maximum absolute atomic E-state index is 13.9. The van der Waals surface area contributed by atoms with Crippen molar-refractivity contribution in [3.05, 3.63) is 71.3 Å². The van der Waals surface area contributed by atoms with E-state index in [9.17, 15) is 9.59 Å². The van der Waals surface area contributed by atoms with Crippen LogP contribution in [0.15, 0.2) is 54.6 Å². The van der Waals surface area contributed by atoms with E-state index in [2.05, 4.69) is 6.07 Å². The molecule has 29 heavy (non-hydrogen) atoms. The van der Waals surface area contributed by atoms with Crippen molar-refractivity contribution in [1.29, 1.82) is 0 Å². The molecule has 152 valence electrons. The van der Waals surface area contributed by atoms with E-state index in [0.717, 1.165) is 23.3 Å². The van der Waals surface area contributed by atoms with E-state index in [-0.39, 0.29) is 17.8 Å². The summed E-state index contributed by atoms with van der Waals surface area (Å²) in [5, 5.41) is -0.328. The summed E-state index contributed by atoms with van der Waals surface area (Å²) in [6.45, 7) is 0.941. The van der Waals surface area contributed by atoms with Crippen LogP contribution in [-0.4, -0.2) is 48.4 Å². The molecule has 2 aromatic carbocycles. The molecule has 0 aliphatic carbocycles. The molecule has 1 amide bonds. The molecular formula is C23H25NO4S. The zero-order chi connectivity index (χ0) is 20.3. The number of ether oxygens (including phenoxy) is 2. The second-order valence-corrected chi connectivity index (χ2v) is 8.65. The van der Waals surface area contributed by atoms with Crippen molar-refractivity contribution in [1.82, 2.24) is 4.90 Å². The minimum absolute atomic E-state index is 0.0538. The number of carbonyl (C=O) groups is 2. The molecule has 0 bridgehead atoms. The molecule has 5 nitrogen and oxygen atoms in total. The lowest BCUT2D eigenvalue weighted by Crippen LogP contribution is -2.58. The maximum atomic E-state index is 13.9. The third-order valence-electron chi connectivity index (χ3n) is 5.75. The first-order valence-electron chi connectivity index (χ1n) is 9.87. The predicted molar refractivity (Wildman–Crippen MR) is 113 cm³/mol. The van der Waals surface area contributed by atoms with Gasteiger partial charge in [0.05, 0.1) is 13.7 Å². The van der Waals surface area contributed by atoms with Gasteiger partial charge in [0.25, 0.3) is 0 Å². The summed E-state index contributed by atoms with van der Waals surface area (Å²) < 4.78 is 10.8. The van der Waals surface area contributed by atoms with Crippen molar-refractivity contribution in [2.45, 2.75) is 30.2 Å². The van der Waals surface area contributed by atoms with Crippen LogP contribution in [0, 0.1) is 0 Å². The van der Waals surface area contributed by atoms with Crippen LogP contribution in [0.3, 0.4) is 0 Å². The second kappa shape index (κ2) is 8.59. The van der Waals surface area contributed by atoms with Crippen LogP contribution >= 0.6 is 11.8 Å². The van der Waals surface area contributed by atoms with Gasteiger partial charge in [0.2, 0.25) is 5.91 Å². The van der Waals surface area contributed by atoms with Crippen LogP contribution in [0.25, 0.3) is 0 Å². The molecule has 0 unspecified atom stereocenters. The number of benzene rings is 2. The van der Waals surface area contributed by atoms with E-state index in [1.807, 2.05) is 48.5 Å². The van der Waals surface area contributed by atoms with Gasteiger partial charge in [-0.05, 0) is 28.9 Å². The molecule has 1 fully saturated rings. The number of thioether (sulfide) groups is 1. The Balaban J connectivity index is 1.74. The van der Waals surface area contributed by atoms with Crippen molar-refractivity contribution in [2.75, 3.05) is 26.1 Å². The molecule has 2 atom stereocenters. The van der Waals surface area contributed by atoms with Gasteiger partial charge in [-0.15, -0.1) is 11.8 Å². The molecule has 6 heteroatoms. The predicted octanol–water partition coefficient (Wildman–Crippen LogP) is 3.38. The summed E-state index contributed by atoms with van der Waals surface area (Å²) in [4.78, 5) is 28.5. The van der Waals surface area contributed by atoms with Gasteiger partial charge in [-0.2, -0.15) is 0 Å². The Labute approximate surface area is 175 Å². The number of carbonyl (C=O) groups excluding carboxylic acids is 2. The van der Waals surface area contributed by atoms with Gasteiger partial charge in [-0.3, -0.25) is 4.79 Å². The first-order chi connectivity index (χ1) is 14.2. The number of aryl methyl sites for hydroxylation is 1. The largest absolute Gasteiger partial charge is 0.467 e. The average Bonchev–Trinajstić information content (AvgIpc) is 3.27. The Morgan fingerprint density at radius 3 is 2.66 bits per heavy atom. The van der Waals surface area contributed by atoms with Crippen LogP contribution in [-0.2, 0) is 32.0 Å². The molecule has 0 N–H and O–H groups in total. The Kier molecular flexibility index (Phi) is 5.92. The summed E-state index contributed by atoms with van der Waals surface area (Å²) in [7, 11) is 1.37. The zero-order valence-corrected chi connectivity index (χ0v) is 17.3. The van der Waals surface area contributed by atoms with Gasteiger partial charge < -0.3 is 14.4 Å². The third-order valence-corrected chi connectivity index (χ3v) is 6.98. The molecule has 2 aromatic rings. The van der Waals surface area contributed by atoms with Gasteiger partial charge >= 0.3 is 5.97 Å². The summed E-state index contributed by atoms with van der Waals surface area (Å²) in [5.41, 5.74) is 2.14. The van der Waals surface area contributed by atoms with Crippen molar-refractivity contribution in [3.63, 3.8) is 0 Å². The number of amides is 1. The topological polar surface area (TPSA) is 55.8 Å². The Hall–Kier alpha value is -2.31. The Morgan fingerprint density at radius 1 is 1.17 bits per heavy atom. The van der Waals surface area contributed by atoms with E-state index in [1.54, 1.807) is 16.7 Å². The monoisotopic (exact) mass is 411 g/mol. The van der Waals surface area contributed by atoms with E-state index in [1.165, 1.54) is 12.7 Å². The van der Waals surface area contributed by atoms with Crippen molar-refractivity contribution < 1.29 is 19.1 Å². The minimum Gasteiger partial charge on any atom is -0.467 e. The molecular weight excluding hydrogens is 386 g/mol. The van der Waals surface area contributed by atoms with Gasteiger partial charge in [-0.25, -0.2) is 4.79 Å². The van der Waals surface area contributed by atoms with Crippen LogP contribution in [0.2, 0.25) is 0 Å². The summed E-state index contributed by atoms with van der Waals surface area (Å²) >= 11 is 1.65. The van der Waals surface area contributed by atoms with E-state index in [4.69, 9.17) is 9.47 Å². The van der Waals surface area contributed by atoms with Crippen LogP contribution < -0.4 is 0 Å². The Morgan fingerprint density at radius 2 is 1.93 bits per heavy atom. The van der Waals surface area contributed by atoms with E-state index in [0.29, 0.717) is 19.6 Å². The number of esters is 1. The molecule has 2 heterocycles. The number of hydrogen-bond donors (Lipinski definition) is 0. The number of fused-ring (bicyclic) bond motifs is 1. The minimum atomic E-state index is -1.09. The van der Waals surface area contributed by atoms with Crippen molar-refractivity contribution >= 4 is 23.6 Å². The van der Waals surface area contributed by atoms with Gasteiger partial charge in [-0.1, -0.05) is 54.6 Å². The molecule has 1 saturated heterocycles. The molecule has 0 radical (unpaired) electrons. The molecule has 0 saturated carbocycles. The number of methoxy groups -OCH3 is 1. The van der Waals surface area contributed by atoms with Crippen LogP contribution in [0.1, 0.15) is 28.4 Å². The molecule has 2 aliphatic heterocycles. The van der Waals surface area contributed by atoms with Crippen molar-refractivity contribution in [2.24, 2.45) is 0 Å². The number of nitrogens with zero attached hydrogens (tertiary/aromatic N) is 1. The highest BCUT2D eigenvalue weighted by Gasteiger charge is 2.52. The highest BCUT2D eigenvalue weighted by Crippen LogP contribution is 2.41. The number of rotatable bonds is 5. The average molecular weight is 412 g/mol. The fourth-order valence-corrected chi connectivity index (χ4v) is 5.43. The fourth-order valence-electron chi connectivity index (χ4n) is 4.17. The van der Waals surface area contributed by atoms with E-state index < -0.39 is 11.5 Å². The van der Waals surface area contributed by atoms with Crippen molar-refractivity contribution in [3.8, 4) is 0 Å². The zero-order valence-electron chi connectivity index (χ0n) is 16.5.